The first-order valence-electron chi connectivity index (χ1n) is 22.2. The van der Waals surface area contributed by atoms with Crippen LogP contribution in [-0.2, 0) is 0 Å². The van der Waals surface area contributed by atoms with Crippen molar-refractivity contribution in [2.45, 2.75) is 0 Å². The first-order valence-corrected chi connectivity index (χ1v) is 22.2. The van der Waals surface area contributed by atoms with E-state index in [1.54, 1.807) is 0 Å². The van der Waals surface area contributed by atoms with E-state index in [1.165, 1.54) is 43.4 Å². The predicted molar refractivity (Wildman–Crippen MR) is 276 cm³/mol. The lowest BCUT2D eigenvalue weighted by molar-refractivity contribution is 0.932. The molecule has 66 heavy (non-hydrogen) atoms. The van der Waals surface area contributed by atoms with Gasteiger partial charge in [0.15, 0.2) is 11.6 Å². The minimum Gasteiger partial charge on any atom is -0.309 e. The third-order valence-corrected chi connectivity index (χ3v) is 13.3. The van der Waals surface area contributed by atoms with Gasteiger partial charge in [0.2, 0.25) is 5.95 Å². The summed E-state index contributed by atoms with van der Waals surface area (Å²) in [7, 11) is 0. The van der Waals surface area contributed by atoms with E-state index < -0.39 is 0 Å². The maximum Gasteiger partial charge on any atom is 0.238 e. The lowest BCUT2D eigenvalue weighted by Gasteiger charge is -2.13. The molecule has 0 fully saturated rings. The van der Waals surface area contributed by atoms with E-state index in [0.717, 1.165) is 71.0 Å². The van der Waals surface area contributed by atoms with Crippen molar-refractivity contribution < 1.29 is 0 Å². The summed E-state index contributed by atoms with van der Waals surface area (Å²) in [5.41, 5.74) is 9.49. The summed E-state index contributed by atoms with van der Waals surface area (Å²) in [6.07, 6.45) is 1.83. The summed E-state index contributed by atoms with van der Waals surface area (Å²) in [6, 6.07) is 73.5. The van der Waals surface area contributed by atoms with Crippen molar-refractivity contribution in [3.8, 4) is 34.2 Å². The van der Waals surface area contributed by atoms with Crippen LogP contribution in [0.15, 0.2) is 219 Å². The van der Waals surface area contributed by atoms with Gasteiger partial charge in [-0.1, -0.05) is 177 Å². The maximum absolute atomic E-state index is 5.31. The molecule has 5 heteroatoms. The molecule has 3 aromatic heterocycles. The smallest absolute Gasteiger partial charge is 0.238 e. The molecule has 0 spiro atoms. The molecule has 5 nitrogen and oxygen atoms in total. The molecule has 0 aliphatic carbocycles. The van der Waals surface area contributed by atoms with E-state index in [1.807, 2.05) is 30.3 Å². The Labute approximate surface area is 379 Å². The predicted octanol–water partition coefficient (Wildman–Crippen LogP) is 13.7. The number of hydrogen-bond acceptors (Lipinski definition) is 3. The van der Waals surface area contributed by atoms with Gasteiger partial charge in [0.05, 0.1) is 22.1 Å². The van der Waals surface area contributed by atoms with Crippen molar-refractivity contribution in [2.75, 3.05) is 0 Å². The zero-order chi connectivity index (χ0) is 43.9. The number of fused-ring (bicyclic) bond motifs is 10. The standard InChI is InChI=1S/C61H39N5/c1-3-45(46-19-7-4-15-38(46)2)59-62-60(51-24-14-18-39-16-5-8-20-47(39)51)64-61(63-59)66-56-26-13-11-23-50(56)54-36-43(31-34-58(54)66)42-30-33-57-53(35-42)49-22-10-12-25-55(49)65(57)44-32-29-41-28-27-40-17-6-9-21-48(40)52(41)37-44/h3-37H,1-2H2. The lowest BCUT2D eigenvalue weighted by atomic mass is 10.0. The summed E-state index contributed by atoms with van der Waals surface area (Å²) < 4.78 is 4.58. The van der Waals surface area contributed by atoms with Crippen molar-refractivity contribution in [3.63, 3.8) is 0 Å². The number of benzene rings is 10. The molecule has 0 aliphatic rings. The van der Waals surface area contributed by atoms with Crippen LogP contribution in [0.4, 0.5) is 0 Å². The van der Waals surface area contributed by atoms with Gasteiger partial charge >= 0.3 is 0 Å². The van der Waals surface area contributed by atoms with Crippen LogP contribution < -0.4 is 10.4 Å². The van der Waals surface area contributed by atoms with Crippen molar-refractivity contribution in [1.29, 1.82) is 0 Å². The minimum atomic E-state index is 0.527. The van der Waals surface area contributed by atoms with Gasteiger partial charge < -0.3 is 4.57 Å². The topological polar surface area (TPSA) is 48.5 Å². The van der Waals surface area contributed by atoms with Crippen molar-refractivity contribution in [2.24, 2.45) is 0 Å². The first-order chi connectivity index (χ1) is 32.6. The summed E-state index contributed by atoms with van der Waals surface area (Å²) >= 11 is 0. The number of rotatable bonds is 6. The van der Waals surface area contributed by atoms with Crippen LogP contribution in [0.1, 0.15) is 5.82 Å². The largest absolute Gasteiger partial charge is 0.309 e. The van der Waals surface area contributed by atoms with Gasteiger partial charge in [-0.2, -0.15) is 9.97 Å². The Morgan fingerprint density at radius 2 is 0.955 bits per heavy atom. The van der Waals surface area contributed by atoms with Crippen molar-refractivity contribution in [3.05, 3.63) is 235 Å². The molecular formula is C61H39N5. The van der Waals surface area contributed by atoms with Gasteiger partial charge in [0.1, 0.15) is 0 Å². The van der Waals surface area contributed by atoms with Crippen molar-refractivity contribution >= 4 is 88.1 Å². The summed E-state index contributed by atoms with van der Waals surface area (Å²) in [6.45, 7) is 8.58. The molecule has 0 atom stereocenters. The van der Waals surface area contributed by atoms with Crippen LogP contribution in [-0.4, -0.2) is 24.1 Å². The molecule has 0 unspecified atom stereocenters. The number of allylic oxidation sites excluding steroid dienone is 1. The van der Waals surface area contributed by atoms with E-state index in [0.29, 0.717) is 17.6 Å². The quantitative estimate of drug-likeness (QED) is 0.157. The highest BCUT2D eigenvalue weighted by Crippen LogP contribution is 2.39. The number of aromatic nitrogens is 5. The van der Waals surface area contributed by atoms with Crippen molar-refractivity contribution in [1.82, 2.24) is 24.1 Å². The Balaban J connectivity index is 1.00. The molecule has 0 radical (unpaired) electrons. The molecule has 3 heterocycles. The highest BCUT2D eigenvalue weighted by molar-refractivity contribution is 6.14. The maximum atomic E-state index is 5.31. The lowest BCUT2D eigenvalue weighted by Crippen LogP contribution is -2.26. The van der Waals surface area contributed by atoms with Crippen LogP contribution >= 0.6 is 0 Å². The van der Waals surface area contributed by atoms with Crippen LogP contribution in [0.2, 0.25) is 0 Å². The van der Waals surface area contributed by atoms with E-state index >= 15 is 0 Å². The molecule has 0 amide bonds. The molecule has 13 rings (SSSR count). The summed E-state index contributed by atoms with van der Waals surface area (Å²) in [5.74, 6) is 1.64. The number of nitrogens with zero attached hydrogens (tertiary/aromatic N) is 5. The zero-order valence-electron chi connectivity index (χ0n) is 35.9. The van der Waals surface area contributed by atoms with Gasteiger partial charge in [0, 0.05) is 38.4 Å². The molecule has 10 aromatic carbocycles. The SMILES string of the molecule is C=CC(c1nc(-c2cccc3ccccc23)nc(-n2c3ccccc3c3cc(-c4ccc5c(c4)c4ccccc4n5-c4ccc5ccc6ccccc6c5c4)ccc32)n1)=c1ccccc1=C. The fourth-order valence-corrected chi connectivity index (χ4v) is 10.2. The van der Waals surface area contributed by atoms with Gasteiger partial charge in [-0.05, 0) is 102 Å². The Kier molecular flexibility index (Phi) is 8.45. The van der Waals surface area contributed by atoms with Gasteiger partial charge in [0.25, 0.3) is 0 Å². The minimum absolute atomic E-state index is 0.527. The summed E-state index contributed by atoms with van der Waals surface area (Å²) in [4.78, 5) is 15.8. The van der Waals surface area contributed by atoms with Gasteiger partial charge in [-0.15, -0.1) is 0 Å². The normalized spacial score (nSPS) is 12.3. The third kappa shape index (κ3) is 5.84. The third-order valence-electron chi connectivity index (χ3n) is 13.3. The van der Waals surface area contributed by atoms with Crippen LogP contribution in [0.3, 0.4) is 0 Å². The van der Waals surface area contributed by atoms with Crippen LogP contribution in [0.5, 0.6) is 0 Å². The second-order valence-electron chi connectivity index (χ2n) is 16.9. The Hall–Kier alpha value is -8.93. The Morgan fingerprint density at radius 1 is 0.409 bits per heavy atom. The van der Waals surface area contributed by atoms with E-state index in [2.05, 4.69) is 204 Å². The monoisotopic (exact) mass is 841 g/mol. The second kappa shape index (κ2) is 14.8. The molecule has 0 aliphatic heterocycles. The molecular weight excluding hydrogens is 803 g/mol. The molecule has 308 valence electrons. The Bertz CT molecular complexity index is 4280. The van der Waals surface area contributed by atoms with E-state index in [9.17, 15) is 0 Å². The first kappa shape index (κ1) is 37.6. The van der Waals surface area contributed by atoms with Crippen LogP contribution in [0.25, 0.3) is 122 Å². The van der Waals surface area contributed by atoms with Gasteiger partial charge in [-0.3, -0.25) is 4.57 Å². The average molecular weight is 842 g/mol. The highest BCUT2D eigenvalue weighted by Gasteiger charge is 2.21. The highest BCUT2D eigenvalue weighted by atomic mass is 15.2. The van der Waals surface area contributed by atoms with Crippen LogP contribution in [0, 0.1) is 0 Å². The van der Waals surface area contributed by atoms with E-state index in [-0.39, 0.29) is 0 Å². The van der Waals surface area contributed by atoms with Gasteiger partial charge in [-0.25, -0.2) is 4.98 Å². The second-order valence-corrected chi connectivity index (χ2v) is 16.9. The molecule has 0 bridgehead atoms. The molecule has 0 N–H and O–H groups in total. The number of para-hydroxylation sites is 2. The Morgan fingerprint density at radius 3 is 1.67 bits per heavy atom. The zero-order valence-corrected chi connectivity index (χ0v) is 35.9. The average Bonchev–Trinajstić information content (AvgIpc) is 3.89. The van der Waals surface area contributed by atoms with E-state index in [4.69, 9.17) is 15.0 Å². The molecule has 0 saturated heterocycles. The molecule has 13 aromatic rings. The fraction of sp³-hybridized carbons (Fsp3) is 0. The fourth-order valence-electron chi connectivity index (χ4n) is 10.2. The number of hydrogen-bond donors (Lipinski definition) is 0. The molecule has 0 saturated carbocycles. The summed E-state index contributed by atoms with van der Waals surface area (Å²) in [5, 5.41) is 13.6.